The van der Waals surface area contributed by atoms with E-state index in [4.69, 9.17) is 28.4 Å². The van der Waals surface area contributed by atoms with Gasteiger partial charge in [-0.05, 0) is 49.7 Å². The van der Waals surface area contributed by atoms with Crippen molar-refractivity contribution in [1.29, 1.82) is 0 Å². The van der Waals surface area contributed by atoms with Gasteiger partial charge in [0.2, 0.25) is 0 Å². The molecule has 2 aromatic carbocycles. The topological polar surface area (TPSA) is 96.5 Å². The molecule has 0 bridgehead atoms. The van der Waals surface area contributed by atoms with Gasteiger partial charge in [0.15, 0.2) is 0 Å². The van der Waals surface area contributed by atoms with Crippen LogP contribution in [-0.2, 0) is 41.3 Å². The molecule has 4 atom stereocenters. The highest BCUT2D eigenvalue weighted by atomic mass is 16.7. The number of carbonyl (C=O) groups is 1. The summed E-state index contributed by atoms with van der Waals surface area (Å²) >= 11 is 0. The molecular weight excluding hydrogens is 512 g/mol. The molecule has 0 saturated carbocycles. The van der Waals surface area contributed by atoms with Crippen LogP contribution in [-0.4, -0.2) is 84.6 Å². The minimum absolute atomic E-state index is 0.0697. The fourth-order valence-corrected chi connectivity index (χ4v) is 4.89. The summed E-state index contributed by atoms with van der Waals surface area (Å²) < 4.78 is 34.1. The summed E-state index contributed by atoms with van der Waals surface area (Å²) in [4.78, 5) is 13.1. The lowest BCUT2D eigenvalue weighted by Gasteiger charge is -2.34. The van der Waals surface area contributed by atoms with Crippen molar-refractivity contribution in [3.63, 3.8) is 0 Å². The number of nitrogens with one attached hydrogen (secondary N) is 2. The smallest absolute Gasteiger partial charge is 0.315 e. The first-order chi connectivity index (χ1) is 19.7. The van der Waals surface area contributed by atoms with Crippen LogP contribution in [0.15, 0.2) is 60.7 Å². The molecule has 1 aliphatic heterocycles. The third kappa shape index (κ3) is 11.9. The Bertz CT molecular complexity index is 845. The Kier molecular flexibility index (Phi) is 15.6. The maximum absolute atomic E-state index is 13.1. The van der Waals surface area contributed by atoms with Crippen LogP contribution in [0.3, 0.4) is 0 Å². The Hall–Kier alpha value is -2.53. The lowest BCUT2D eigenvalue weighted by molar-refractivity contribution is -0.183. The van der Waals surface area contributed by atoms with Gasteiger partial charge < -0.3 is 39.1 Å². The minimum Gasteiger partial charge on any atom is -0.382 e. The van der Waals surface area contributed by atoms with Crippen LogP contribution in [0.2, 0.25) is 0 Å². The lowest BCUT2D eigenvalue weighted by Crippen LogP contribution is -2.51. The Morgan fingerprint density at radius 3 is 1.45 bits per heavy atom. The molecule has 0 unspecified atom stereocenters. The first-order valence-corrected chi connectivity index (χ1v) is 14.2. The Balaban J connectivity index is 1.72. The van der Waals surface area contributed by atoms with E-state index in [0.717, 1.165) is 38.5 Å². The number of ether oxygens (including phenoxy) is 6. The van der Waals surface area contributed by atoms with Gasteiger partial charge in [0, 0.05) is 14.2 Å². The van der Waals surface area contributed by atoms with E-state index in [0.29, 0.717) is 26.4 Å². The van der Waals surface area contributed by atoms with Crippen molar-refractivity contribution in [2.24, 2.45) is 0 Å². The zero-order valence-corrected chi connectivity index (χ0v) is 23.9. The fraction of sp³-hybridized carbons (Fsp3) is 0.581. The average molecular weight is 559 g/mol. The molecule has 0 spiro atoms. The van der Waals surface area contributed by atoms with Gasteiger partial charge in [-0.3, -0.25) is 0 Å². The number of amides is 2. The van der Waals surface area contributed by atoms with Crippen molar-refractivity contribution in [1.82, 2.24) is 10.6 Å². The van der Waals surface area contributed by atoms with Crippen LogP contribution in [0.1, 0.15) is 36.8 Å². The van der Waals surface area contributed by atoms with Crippen molar-refractivity contribution >= 4 is 6.03 Å². The lowest BCUT2D eigenvalue weighted by atomic mass is 9.92. The van der Waals surface area contributed by atoms with Crippen LogP contribution >= 0.6 is 0 Å². The Morgan fingerprint density at radius 1 is 0.625 bits per heavy atom. The van der Waals surface area contributed by atoms with Crippen molar-refractivity contribution < 1.29 is 33.2 Å². The SMILES string of the molecule is COCCOCO[C@@H]1[C@@H](OCOCCOC)[C@@H](CCCc2ccccc2)NC(=O)N[C@@H]1CCCc1ccccc1. The summed E-state index contributed by atoms with van der Waals surface area (Å²) in [6, 6.07) is 20.0. The number of hydrogen-bond donors (Lipinski definition) is 2. The summed E-state index contributed by atoms with van der Waals surface area (Å²) in [6.07, 6.45) is 4.16. The van der Waals surface area contributed by atoms with Gasteiger partial charge in [0.1, 0.15) is 25.8 Å². The zero-order chi connectivity index (χ0) is 28.3. The highest BCUT2D eigenvalue weighted by Gasteiger charge is 2.41. The van der Waals surface area contributed by atoms with Crippen LogP contribution < -0.4 is 10.6 Å². The van der Waals surface area contributed by atoms with Gasteiger partial charge in [0.25, 0.3) is 0 Å². The molecule has 0 aromatic heterocycles. The van der Waals surface area contributed by atoms with E-state index < -0.39 is 12.2 Å². The van der Waals surface area contributed by atoms with Crippen LogP contribution in [0.5, 0.6) is 0 Å². The van der Waals surface area contributed by atoms with E-state index in [2.05, 4.69) is 34.9 Å². The van der Waals surface area contributed by atoms with Crippen molar-refractivity contribution in [2.75, 3.05) is 54.2 Å². The zero-order valence-electron chi connectivity index (χ0n) is 23.9. The quantitative estimate of drug-likeness (QED) is 0.187. The van der Waals surface area contributed by atoms with Gasteiger partial charge in [-0.15, -0.1) is 0 Å². The van der Waals surface area contributed by atoms with Gasteiger partial charge in [-0.2, -0.15) is 0 Å². The average Bonchev–Trinajstić information content (AvgIpc) is 3.09. The van der Waals surface area contributed by atoms with E-state index in [1.807, 2.05) is 36.4 Å². The minimum atomic E-state index is -0.440. The van der Waals surface area contributed by atoms with Crippen LogP contribution in [0.25, 0.3) is 0 Å². The first kappa shape index (κ1) is 32.0. The standard InChI is InChI=1S/C31H46N2O7/c1-35-19-21-37-23-39-29-27(17-9-15-25-11-5-3-6-12-25)32-31(34)33-28(30(29)40-24-38-22-20-36-2)18-10-16-26-13-7-4-8-14-26/h3-8,11-14,27-30H,9-10,15-24H2,1-2H3,(H2,32,33,34)/t27-,28-,29+,30+/m1/s1. The number of methoxy groups -OCH3 is 2. The molecule has 3 rings (SSSR count). The summed E-state index contributed by atoms with van der Waals surface area (Å²) in [5.74, 6) is 0. The van der Waals surface area contributed by atoms with Gasteiger partial charge in [0.05, 0.1) is 38.5 Å². The molecular formula is C31H46N2O7. The summed E-state index contributed by atoms with van der Waals surface area (Å²) in [7, 11) is 3.26. The molecule has 2 amide bonds. The molecule has 1 aliphatic rings. The molecule has 2 N–H and O–H groups in total. The number of benzene rings is 2. The fourth-order valence-electron chi connectivity index (χ4n) is 4.89. The van der Waals surface area contributed by atoms with Crippen molar-refractivity contribution in [3.05, 3.63) is 71.8 Å². The molecule has 40 heavy (non-hydrogen) atoms. The number of urea groups is 1. The van der Waals surface area contributed by atoms with Gasteiger partial charge >= 0.3 is 6.03 Å². The molecule has 2 aromatic rings. The van der Waals surface area contributed by atoms with Crippen molar-refractivity contribution in [2.45, 2.75) is 62.8 Å². The van der Waals surface area contributed by atoms with E-state index in [9.17, 15) is 4.79 Å². The highest BCUT2D eigenvalue weighted by Crippen LogP contribution is 2.23. The second-order valence-electron chi connectivity index (χ2n) is 9.89. The number of aryl methyl sites for hydroxylation is 2. The summed E-state index contributed by atoms with van der Waals surface area (Å²) in [5, 5.41) is 6.30. The van der Waals surface area contributed by atoms with Crippen LogP contribution in [0, 0.1) is 0 Å². The van der Waals surface area contributed by atoms with Gasteiger partial charge in [-0.1, -0.05) is 60.7 Å². The third-order valence-corrected chi connectivity index (χ3v) is 6.95. The summed E-state index contributed by atoms with van der Waals surface area (Å²) in [6.45, 7) is 1.92. The second-order valence-corrected chi connectivity index (χ2v) is 9.89. The number of rotatable bonds is 20. The predicted octanol–water partition coefficient (Wildman–Crippen LogP) is 4.09. The molecule has 1 saturated heterocycles. The predicted molar refractivity (Wildman–Crippen MR) is 153 cm³/mol. The summed E-state index contributed by atoms with van der Waals surface area (Å²) in [5.41, 5.74) is 2.53. The molecule has 222 valence electrons. The molecule has 1 heterocycles. The molecule has 9 heteroatoms. The van der Waals surface area contributed by atoms with Gasteiger partial charge in [-0.25, -0.2) is 4.79 Å². The number of carbonyl (C=O) groups excluding carboxylic acids is 1. The largest absolute Gasteiger partial charge is 0.382 e. The Labute approximate surface area is 238 Å². The second kappa shape index (κ2) is 19.5. The van der Waals surface area contributed by atoms with E-state index in [-0.39, 0.29) is 31.7 Å². The van der Waals surface area contributed by atoms with E-state index in [1.54, 1.807) is 14.2 Å². The Morgan fingerprint density at radius 2 is 1.05 bits per heavy atom. The normalized spacial score (nSPS) is 21.0. The monoisotopic (exact) mass is 558 g/mol. The first-order valence-electron chi connectivity index (χ1n) is 14.2. The number of hydrogen-bond acceptors (Lipinski definition) is 7. The molecule has 1 fully saturated rings. The maximum atomic E-state index is 13.1. The molecule has 0 radical (unpaired) electrons. The van der Waals surface area contributed by atoms with E-state index in [1.165, 1.54) is 11.1 Å². The molecule has 9 nitrogen and oxygen atoms in total. The van der Waals surface area contributed by atoms with Crippen LogP contribution in [0.4, 0.5) is 4.79 Å². The van der Waals surface area contributed by atoms with Crippen molar-refractivity contribution in [3.8, 4) is 0 Å². The molecule has 0 aliphatic carbocycles. The highest BCUT2D eigenvalue weighted by molar-refractivity contribution is 5.75. The maximum Gasteiger partial charge on any atom is 0.315 e. The van der Waals surface area contributed by atoms with E-state index >= 15 is 0 Å². The third-order valence-electron chi connectivity index (χ3n) is 6.95.